The first-order chi connectivity index (χ1) is 13.4. The number of nitrogens with one attached hydrogen (secondary N) is 1. The quantitative estimate of drug-likeness (QED) is 0.665. The summed E-state index contributed by atoms with van der Waals surface area (Å²) >= 11 is 5.90. The number of halogens is 1. The second-order valence-corrected chi connectivity index (χ2v) is 6.50. The van der Waals surface area contributed by atoms with Gasteiger partial charge in [-0.3, -0.25) is 9.59 Å². The number of rotatable bonds is 5. The van der Waals surface area contributed by atoms with E-state index >= 15 is 0 Å². The number of anilines is 1. The molecule has 0 unspecified atom stereocenters. The first-order valence-electron chi connectivity index (χ1n) is 8.68. The molecule has 3 rings (SSSR count). The average Bonchev–Trinajstić information content (AvgIpc) is 2.68. The normalized spacial score (nSPS) is 11.8. The summed E-state index contributed by atoms with van der Waals surface area (Å²) in [6.45, 7) is 3.50. The largest absolute Gasteiger partial charge is 0.448 e. The summed E-state index contributed by atoms with van der Waals surface area (Å²) in [5.74, 6) is -1.30. The fourth-order valence-corrected chi connectivity index (χ4v) is 2.87. The van der Waals surface area contributed by atoms with Crippen LogP contribution < -0.4 is 10.9 Å². The van der Waals surface area contributed by atoms with Gasteiger partial charge in [0, 0.05) is 22.6 Å². The molecule has 0 spiro atoms. The number of fused-ring (bicyclic) bond motifs is 1. The van der Waals surface area contributed by atoms with Crippen LogP contribution in [0.3, 0.4) is 0 Å². The minimum atomic E-state index is -1.07. The molecule has 144 valence electrons. The van der Waals surface area contributed by atoms with Gasteiger partial charge in [-0.05, 0) is 38.1 Å². The first-order valence-corrected chi connectivity index (χ1v) is 9.05. The minimum absolute atomic E-state index is 0.0144. The van der Waals surface area contributed by atoms with E-state index in [9.17, 15) is 14.4 Å². The van der Waals surface area contributed by atoms with E-state index in [1.54, 1.807) is 55.5 Å². The number of hydrogen-bond acceptors (Lipinski definition) is 5. The van der Waals surface area contributed by atoms with E-state index in [4.69, 9.17) is 16.3 Å². The lowest BCUT2D eigenvalue weighted by Gasteiger charge is -2.15. The van der Waals surface area contributed by atoms with Gasteiger partial charge in [0.25, 0.3) is 11.5 Å². The van der Waals surface area contributed by atoms with Gasteiger partial charge in [0.1, 0.15) is 0 Å². The van der Waals surface area contributed by atoms with E-state index in [2.05, 4.69) is 10.4 Å². The summed E-state index contributed by atoms with van der Waals surface area (Å²) < 4.78 is 6.48. The Hall–Kier alpha value is -3.19. The van der Waals surface area contributed by atoms with Crippen LogP contribution in [0.2, 0.25) is 5.02 Å². The van der Waals surface area contributed by atoms with Crippen LogP contribution in [0.25, 0.3) is 10.8 Å². The molecule has 1 N–H and O–H groups in total. The Morgan fingerprint density at radius 3 is 2.57 bits per heavy atom. The molecule has 0 saturated carbocycles. The highest BCUT2D eigenvalue weighted by molar-refractivity contribution is 6.30. The van der Waals surface area contributed by atoms with Crippen LogP contribution in [-0.4, -0.2) is 27.8 Å². The molecule has 0 aliphatic carbocycles. The lowest BCUT2D eigenvalue weighted by molar-refractivity contribution is -0.123. The second-order valence-electron chi connectivity index (χ2n) is 6.06. The van der Waals surface area contributed by atoms with Gasteiger partial charge in [0.05, 0.1) is 5.39 Å². The maximum atomic E-state index is 12.7. The Balaban J connectivity index is 1.83. The Labute approximate surface area is 165 Å². The molecular formula is C20H18ClN3O4. The standard InChI is InChI=1S/C20H18ClN3O4/c1-3-24-19(26)16-10-5-4-9-15(16)17(23-24)20(27)28-12(2)18(25)22-14-8-6-7-13(21)11-14/h4-12H,3H2,1-2H3,(H,22,25)/t12-/m1/s1. The van der Waals surface area contributed by atoms with Gasteiger partial charge in [-0.1, -0.05) is 35.9 Å². The third-order valence-electron chi connectivity index (χ3n) is 4.11. The van der Waals surface area contributed by atoms with Crippen molar-refractivity contribution in [3.8, 4) is 0 Å². The number of carbonyl (C=O) groups is 2. The number of benzene rings is 2. The molecule has 0 aliphatic rings. The molecule has 0 bridgehead atoms. The molecule has 1 heterocycles. The molecule has 1 amide bonds. The van der Waals surface area contributed by atoms with Crippen LogP contribution in [0.1, 0.15) is 24.3 Å². The van der Waals surface area contributed by atoms with Crippen LogP contribution >= 0.6 is 11.6 Å². The SMILES string of the molecule is CCn1nc(C(=O)O[C@H](C)C(=O)Nc2cccc(Cl)c2)c2ccccc2c1=O. The zero-order chi connectivity index (χ0) is 20.3. The van der Waals surface area contributed by atoms with Gasteiger partial charge in [-0.2, -0.15) is 5.10 Å². The minimum Gasteiger partial charge on any atom is -0.448 e. The summed E-state index contributed by atoms with van der Waals surface area (Å²) in [7, 11) is 0. The van der Waals surface area contributed by atoms with Crippen molar-refractivity contribution in [2.24, 2.45) is 0 Å². The highest BCUT2D eigenvalue weighted by Crippen LogP contribution is 2.17. The second kappa shape index (κ2) is 8.22. The molecule has 3 aromatic rings. The highest BCUT2D eigenvalue weighted by atomic mass is 35.5. The van der Waals surface area contributed by atoms with Crippen molar-refractivity contribution in [3.63, 3.8) is 0 Å². The zero-order valence-electron chi connectivity index (χ0n) is 15.3. The summed E-state index contributed by atoms with van der Waals surface area (Å²) in [4.78, 5) is 37.4. The number of ether oxygens (including phenoxy) is 1. The fourth-order valence-electron chi connectivity index (χ4n) is 2.68. The maximum absolute atomic E-state index is 12.7. The van der Waals surface area contributed by atoms with Crippen molar-refractivity contribution in [3.05, 3.63) is 69.6 Å². The van der Waals surface area contributed by atoms with Crippen molar-refractivity contribution in [1.29, 1.82) is 0 Å². The molecule has 0 radical (unpaired) electrons. The molecule has 28 heavy (non-hydrogen) atoms. The zero-order valence-corrected chi connectivity index (χ0v) is 16.1. The third-order valence-corrected chi connectivity index (χ3v) is 4.34. The molecule has 1 atom stereocenters. The van der Waals surface area contributed by atoms with Crippen LogP contribution in [0.15, 0.2) is 53.3 Å². The maximum Gasteiger partial charge on any atom is 0.360 e. The van der Waals surface area contributed by atoms with E-state index in [0.717, 1.165) is 0 Å². The summed E-state index contributed by atoms with van der Waals surface area (Å²) in [5.41, 5.74) is 0.185. The van der Waals surface area contributed by atoms with Crippen LogP contribution in [-0.2, 0) is 16.1 Å². The predicted molar refractivity (Wildman–Crippen MR) is 107 cm³/mol. The van der Waals surface area contributed by atoms with Gasteiger partial charge in [0.2, 0.25) is 0 Å². The lowest BCUT2D eigenvalue weighted by atomic mass is 10.1. The number of esters is 1. The van der Waals surface area contributed by atoms with Crippen molar-refractivity contribution >= 4 is 39.9 Å². The van der Waals surface area contributed by atoms with Crippen molar-refractivity contribution in [2.75, 3.05) is 5.32 Å². The Morgan fingerprint density at radius 2 is 1.89 bits per heavy atom. The van der Waals surface area contributed by atoms with Gasteiger partial charge < -0.3 is 10.1 Å². The van der Waals surface area contributed by atoms with E-state index in [0.29, 0.717) is 28.0 Å². The van der Waals surface area contributed by atoms with Crippen molar-refractivity contribution in [2.45, 2.75) is 26.5 Å². The topological polar surface area (TPSA) is 90.3 Å². The average molecular weight is 400 g/mol. The number of nitrogens with zero attached hydrogens (tertiary/aromatic N) is 2. The first kappa shape index (κ1) is 19.6. The number of aromatic nitrogens is 2. The summed E-state index contributed by atoms with van der Waals surface area (Å²) in [6, 6.07) is 13.3. The predicted octanol–water partition coefficient (Wildman–Crippen LogP) is 3.25. The van der Waals surface area contributed by atoms with Crippen LogP contribution in [0.5, 0.6) is 0 Å². The monoisotopic (exact) mass is 399 g/mol. The molecule has 1 aromatic heterocycles. The fraction of sp³-hybridized carbons (Fsp3) is 0.200. The van der Waals surface area contributed by atoms with Gasteiger partial charge >= 0.3 is 5.97 Å². The summed E-state index contributed by atoms with van der Waals surface area (Å²) in [6.07, 6.45) is -1.07. The van der Waals surface area contributed by atoms with E-state index < -0.39 is 18.0 Å². The molecule has 0 aliphatic heterocycles. The van der Waals surface area contributed by atoms with Gasteiger partial charge in [0.15, 0.2) is 11.8 Å². The Bertz CT molecular complexity index is 1110. The number of amides is 1. The van der Waals surface area contributed by atoms with Gasteiger partial charge in [-0.25, -0.2) is 9.48 Å². The van der Waals surface area contributed by atoms with Crippen LogP contribution in [0, 0.1) is 0 Å². The smallest absolute Gasteiger partial charge is 0.360 e. The molecule has 7 nitrogen and oxygen atoms in total. The van der Waals surface area contributed by atoms with E-state index in [-0.39, 0.29) is 11.3 Å². The number of aryl methyl sites for hydroxylation is 1. The molecular weight excluding hydrogens is 382 g/mol. The number of hydrogen-bond donors (Lipinski definition) is 1. The molecule has 2 aromatic carbocycles. The van der Waals surface area contributed by atoms with E-state index in [1.807, 2.05) is 0 Å². The Kier molecular flexibility index (Phi) is 5.75. The molecule has 0 saturated heterocycles. The van der Waals surface area contributed by atoms with Crippen molar-refractivity contribution in [1.82, 2.24) is 9.78 Å². The lowest BCUT2D eigenvalue weighted by Crippen LogP contribution is -2.31. The van der Waals surface area contributed by atoms with Crippen LogP contribution in [0.4, 0.5) is 5.69 Å². The third kappa shape index (κ3) is 4.04. The molecule has 8 heteroatoms. The number of carbonyl (C=O) groups excluding carboxylic acids is 2. The summed E-state index contributed by atoms with van der Waals surface area (Å²) in [5, 5.41) is 7.95. The van der Waals surface area contributed by atoms with Gasteiger partial charge in [-0.15, -0.1) is 0 Å². The highest BCUT2D eigenvalue weighted by Gasteiger charge is 2.23. The van der Waals surface area contributed by atoms with Crippen molar-refractivity contribution < 1.29 is 14.3 Å². The Morgan fingerprint density at radius 1 is 1.18 bits per heavy atom. The van der Waals surface area contributed by atoms with E-state index in [1.165, 1.54) is 11.6 Å². The molecule has 0 fully saturated rings.